The number of nitrogens with two attached hydrogens (primary N) is 1. The maximum atomic E-state index is 5.81. The van der Waals surface area contributed by atoms with Gasteiger partial charge in [0.1, 0.15) is 5.75 Å². The lowest BCUT2D eigenvalue weighted by atomic mass is 10.1. The van der Waals surface area contributed by atoms with Gasteiger partial charge >= 0.3 is 0 Å². The highest BCUT2D eigenvalue weighted by molar-refractivity contribution is 5.27. The Balaban J connectivity index is 1.66. The number of rotatable bonds is 10. The van der Waals surface area contributed by atoms with Gasteiger partial charge in [-0.25, -0.2) is 0 Å². The van der Waals surface area contributed by atoms with Crippen LogP contribution in [-0.2, 0) is 13.0 Å². The van der Waals surface area contributed by atoms with Crippen LogP contribution in [0.1, 0.15) is 30.9 Å². The number of aryl methyl sites for hydroxylation is 1. The Hall–Kier alpha value is -1.84. The summed E-state index contributed by atoms with van der Waals surface area (Å²) in [6.45, 7) is 4.51. The molecule has 0 bridgehead atoms. The first-order valence-electron chi connectivity index (χ1n) is 8.47. The lowest BCUT2D eigenvalue weighted by Crippen LogP contribution is -2.27. The van der Waals surface area contributed by atoms with Crippen molar-refractivity contribution in [2.75, 3.05) is 13.2 Å². The Morgan fingerprint density at radius 1 is 1.00 bits per heavy atom. The third kappa shape index (κ3) is 6.85. The second kappa shape index (κ2) is 10.0. The van der Waals surface area contributed by atoms with Gasteiger partial charge in [0.15, 0.2) is 0 Å². The molecule has 0 saturated carbocycles. The molecule has 2 rings (SSSR count). The highest BCUT2D eigenvalue weighted by Crippen LogP contribution is 2.13. The SMILES string of the molecule is CC(CCN)NCc1ccc(OCCCc2ccccc2)cc1. The zero-order chi connectivity index (χ0) is 16.3. The van der Waals surface area contributed by atoms with E-state index in [1.807, 2.05) is 18.2 Å². The van der Waals surface area contributed by atoms with E-state index in [9.17, 15) is 0 Å². The summed E-state index contributed by atoms with van der Waals surface area (Å²) in [7, 11) is 0. The maximum absolute atomic E-state index is 5.81. The minimum Gasteiger partial charge on any atom is -0.494 e. The van der Waals surface area contributed by atoms with Crippen LogP contribution in [0.25, 0.3) is 0 Å². The largest absolute Gasteiger partial charge is 0.494 e. The summed E-state index contributed by atoms with van der Waals surface area (Å²) in [5, 5.41) is 3.47. The fraction of sp³-hybridized carbons (Fsp3) is 0.400. The molecule has 2 aromatic rings. The van der Waals surface area contributed by atoms with Crippen molar-refractivity contribution >= 4 is 0 Å². The van der Waals surface area contributed by atoms with Crippen molar-refractivity contribution in [3.63, 3.8) is 0 Å². The first-order valence-corrected chi connectivity index (χ1v) is 8.47. The number of nitrogens with one attached hydrogen (secondary N) is 1. The van der Waals surface area contributed by atoms with Gasteiger partial charge in [-0.1, -0.05) is 42.5 Å². The van der Waals surface area contributed by atoms with E-state index in [1.54, 1.807) is 0 Å². The molecule has 3 N–H and O–H groups in total. The minimum atomic E-state index is 0.453. The van der Waals surface area contributed by atoms with Gasteiger partial charge in [0, 0.05) is 12.6 Å². The smallest absolute Gasteiger partial charge is 0.119 e. The molecule has 0 saturated heterocycles. The number of hydrogen-bond donors (Lipinski definition) is 2. The Bertz CT molecular complexity index is 539. The molecule has 23 heavy (non-hydrogen) atoms. The first kappa shape index (κ1) is 17.5. The number of hydrogen-bond acceptors (Lipinski definition) is 3. The molecule has 0 fully saturated rings. The molecule has 2 aromatic carbocycles. The van der Waals surface area contributed by atoms with Gasteiger partial charge in [-0.3, -0.25) is 0 Å². The second-order valence-electron chi connectivity index (χ2n) is 5.94. The second-order valence-corrected chi connectivity index (χ2v) is 5.94. The van der Waals surface area contributed by atoms with Crippen LogP contribution < -0.4 is 15.8 Å². The van der Waals surface area contributed by atoms with Crippen LogP contribution in [0.5, 0.6) is 5.75 Å². The molecule has 124 valence electrons. The molecule has 0 aromatic heterocycles. The molecule has 1 unspecified atom stereocenters. The Kier molecular flexibility index (Phi) is 7.64. The topological polar surface area (TPSA) is 47.3 Å². The van der Waals surface area contributed by atoms with Crippen LogP contribution in [0.15, 0.2) is 54.6 Å². The number of benzene rings is 2. The predicted octanol–water partition coefficient (Wildman–Crippen LogP) is 3.53. The van der Waals surface area contributed by atoms with Crippen molar-refractivity contribution in [2.24, 2.45) is 5.73 Å². The maximum Gasteiger partial charge on any atom is 0.119 e. The van der Waals surface area contributed by atoms with Gasteiger partial charge < -0.3 is 15.8 Å². The number of ether oxygens (including phenoxy) is 1. The molecule has 0 aliphatic carbocycles. The predicted molar refractivity (Wildman–Crippen MR) is 96.7 cm³/mol. The monoisotopic (exact) mass is 312 g/mol. The molecule has 0 amide bonds. The van der Waals surface area contributed by atoms with E-state index >= 15 is 0 Å². The molecule has 3 nitrogen and oxygen atoms in total. The summed E-state index contributed by atoms with van der Waals surface area (Å²) in [6, 6.07) is 19.3. The molecule has 0 spiro atoms. The Morgan fingerprint density at radius 2 is 1.74 bits per heavy atom. The van der Waals surface area contributed by atoms with Crippen LogP contribution in [0, 0.1) is 0 Å². The zero-order valence-corrected chi connectivity index (χ0v) is 14.0. The van der Waals surface area contributed by atoms with Crippen molar-refractivity contribution in [1.29, 1.82) is 0 Å². The normalized spacial score (nSPS) is 12.1. The van der Waals surface area contributed by atoms with E-state index in [-0.39, 0.29) is 0 Å². The first-order chi connectivity index (χ1) is 11.3. The van der Waals surface area contributed by atoms with Gasteiger partial charge in [-0.05, 0) is 56.0 Å². The van der Waals surface area contributed by atoms with Crippen LogP contribution in [0.2, 0.25) is 0 Å². The van der Waals surface area contributed by atoms with E-state index < -0.39 is 0 Å². The van der Waals surface area contributed by atoms with E-state index in [2.05, 4.69) is 48.6 Å². The standard InChI is InChI=1S/C20H28N2O/c1-17(13-14-21)22-16-19-9-11-20(12-10-19)23-15-5-8-18-6-3-2-4-7-18/h2-4,6-7,9-12,17,22H,5,8,13-16,21H2,1H3. The molecule has 0 radical (unpaired) electrons. The Morgan fingerprint density at radius 3 is 2.43 bits per heavy atom. The van der Waals surface area contributed by atoms with Gasteiger partial charge in [-0.15, -0.1) is 0 Å². The molecule has 1 atom stereocenters. The van der Waals surface area contributed by atoms with Crippen molar-refractivity contribution < 1.29 is 4.74 Å². The van der Waals surface area contributed by atoms with E-state index in [0.29, 0.717) is 6.04 Å². The van der Waals surface area contributed by atoms with Gasteiger partial charge in [0.05, 0.1) is 6.61 Å². The van der Waals surface area contributed by atoms with Crippen molar-refractivity contribution in [3.05, 3.63) is 65.7 Å². The summed E-state index contributed by atoms with van der Waals surface area (Å²) in [4.78, 5) is 0. The average molecular weight is 312 g/mol. The summed E-state index contributed by atoms with van der Waals surface area (Å²) in [5.74, 6) is 0.941. The summed E-state index contributed by atoms with van der Waals surface area (Å²) >= 11 is 0. The molecule has 0 heterocycles. The lowest BCUT2D eigenvalue weighted by Gasteiger charge is -2.13. The van der Waals surface area contributed by atoms with Crippen LogP contribution in [0.3, 0.4) is 0 Å². The third-order valence-corrected chi connectivity index (χ3v) is 3.90. The third-order valence-electron chi connectivity index (χ3n) is 3.90. The average Bonchev–Trinajstić information content (AvgIpc) is 2.59. The highest BCUT2D eigenvalue weighted by atomic mass is 16.5. The zero-order valence-electron chi connectivity index (χ0n) is 14.0. The van der Waals surface area contributed by atoms with E-state index in [4.69, 9.17) is 10.5 Å². The van der Waals surface area contributed by atoms with E-state index in [0.717, 1.165) is 44.7 Å². The minimum absolute atomic E-state index is 0.453. The van der Waals surface area contributed by atoms with Crippen molar-refractivity contribution in [1.82, 2.24) is 5.32 Å². The van der Waals surface area contributed by atoms with Crippen molar-refractivity contribution in [2.45, 2.75) is 38.8 Å². The molecule has 3 heteroatoms. The quantitative estimate of drug-likeness (QED) is 0.660. The van der Waals surface area contributed by atoms with E-state index in [1.165, 1.54) is 11.1 Å². The summed E-state index contributed by atoms with van der Waals surface area (Å²) < 4.78 is 5.81. The Labute approximate surface area is 139 Å². The molecule has 0 aliphatic rings. The molecule has 0 aliphatic heterocycles. The molecular weight excluding hydrogens is 284 g/mol. The summed E-state index contributed by atoms with van der Waals surface area (Å²) in [5.41, 5.74) is 8.19. The van der Waals surface area contributed by atoms with Crippen LogP contribution in [0.4, 0.5) is 0 Å². The highest BCUT2D eigenvalue weighted by Gasteiger charge is 2.01. The van der Waals surface area contributed by atoms with Crippen LogP contribution >= 0.6 is 0 Å². The fourth-order valence-electron chi connectivity index (χ4n) is 2.46. The van der Waals surface area contributed by atoms with Crippen molar-refractivity contribution in [3.8, 4) is 5.75 Å². The van der Waals surface area contributed by atoms with Gasteiger partial charge in [0.25, 0.3) is 0 Å². The summed E-state index contributed by atoms with van der Waals surface area (Å²) in [6.07, 6.45) is 3.09. The van der Waals surface area contributed by atoms with Gasteiger partial charge in [0.2, 0.25) is 0 Å². The fourth-order valence-corrected chi connectivity index (χ4v) is 2.46. The van der Waals surface area contributed by atoms with Gasteiger partial charge in [-0.2, -0.15) is 0 Å². The van der Waals surface area contributed by atoms with Crippen LogP contribution in [-0.4, -0.2) is 19.2 Å². The lowest BCUT2D eigenvalue weighted by molar-refractivity contribution is 0.311. The molecular formula is C20H28N2O.